The molecule has 4 nitrogen and oxygen atoms in total. The molecular formula is C15H24N2O2. The van der Waals surface area contributed by atoms with E-state index < -0.39 is 0 Å². The molecule has 1 aliphatic heterocycles. The van der Waals surface area contributed by atoms with Crippen LogP contribution >= 0.6 is 0 Å². The van der Waals surface area contributed by atoms with Crippen LogP contribution in [0.25, 0.3) is 0 Å². The zero-order valence-electron chi connectivity index (χ0n) is 12.1. The fourth-order valence-corrected chi connectivity index (χ4v) is 2.67. The van der Waals surface area contributed by atoms with E-state index in [1.165, 1.54) is 0 Å². The van der Waals surface area contributed by atoms with Crippen LogP contribution in [0.15, 0.2) is 18.2 Å². The van der Waals surface area contributed by atoms with Gasteiger partial charge in [-0.05, 0) is 38.8 Å². The van der Waals surface area contributed by atoms with Crippen LogP contribution in [0, 0.1) is 0 Å². The van der Waals surface area contributed by atoms with E-state index in [1.807, 2.05) is 19.1 Å². The fraction of sp³-hybridized carbons (Fsp3) is 0.600. The van der Waals surface area contributed by atoms with Crippen LogP contribution in [0.1, 0.15) is 26.7 Å². The van der Waals surface area contributed by atoms with Crippen LogP contribution in [0.2, 0.25) is 0 Å². The number of piperidine rings is 1. The molecule has 1 aromatic carbocycles. The van der Waals surface area contributed by atoms with E-state index in [0.29, 0.717) is 6.61 Å². The number of methoxy groups -OCH3 is 1. The highest BCUT2D eigenvalue weighted by Crippen LogP contribution is 2.36. The molecule has 106 valence electrons. The minimum absolute atomic E-state index is 0.0910. The highest BCUT2D eigenvalue weighted by molar-refractivity contribution is 5.74. The Morgan fingerprint density at radius 1 is 1.42 bits per heavy atom. The summed E-state index contributed by atoms with van der Waals surface area (Å²) in [4.78, 5) is 2.30. The lowest BCUT2D eigenvalue weighted by molar-refractivity contribution is -0.00463. The van der Waals surface area contributed by atoms with Gasteiger partial charge in [-0.2, -0.15) is 0 Å². The van der Waals surface area contributed by atoms with Crippen molar-refractivity contribution in [3.8, 4) is 5.75 Å². The van der Waals surface area contributed by atoms with E-state index in [-0.39, 0.29) is 5.60 Å². The van der Waals surface area contributed by atoms with E-state index in [0.717, 1.165) is 43.1 Å². The van der Waals surface area contributed by atoms with Crippen LogP contribution in [0.5, 0.6) is 5.75 Å². The van der Waals surface area contributed by atoms with Gasteiger partial charge in [0.2, 0.25) is 0 Å². The smallest absolute Gasteiger partial charge is 0.144 e. The molecule has 0 amide bonds. The van der Waals surface area contributed by atoms with Crippen LogP contribution < -0.4 is 15.4 Å². The molecule has 0 aromatic heterocycles. The van der Waals surface area contributed by atoms with Gasteiger partial charge >= 0.3 is 0 Å². The monoisotopic (exact) mass is 264 g/mol. The third-order valence-corrected chi connectivity index (χ3v) is 3.84. The van der Waals surface area contributed by atoms with E-state index >= 15 is 0 Å². The third kappa shape index (κ3) is 2.95. The van der Waals surface area contributed by atoms with Gasteiger partial charge < -0.3 is 20.1 Å². The number of ether oxygens (including phenoxy) is 2. The molecule has 2 N–H and O–H groups in total. The van der Waals surface area contributed by atoms with Gasteiger partial charge in [-0.25, -0.2) is 0 Å². The quantitative estimate of drug-likeness (QED) is 0.849. The number of benzene rings is 1. The lowest BCUT2D eigenvalue weighted by Gasteiger charge is -2.41. The Bertz CT molecular complexity index is 436. The normalized spacial score (nSPS) is 23.4. The maximum absolute atomic E-state index is 6.22. The van der Waals surface area contributed by atoms with Gasteiger partial charge in [-0.15, -0.1) is 0 Å². The number of hydrogen-bond donors (Lipinski definition) is 1. The molecule has 1 heterocycles. The number of rotatable bonds is 4. The lowest BCUT2D eigenvalue weighted by Crippen LogP contribution is -2.47. The van der Waals surface area contributed by atoms with Crippen LogP contribution in [-0.2, 0) is 4.74 Å². The van der Waals surface area contributed by atoms with Gasteiger partial charge in [0.15, 0.2) is 0 Å². The minimum Gasteiger partial charge on any atom is -0.492 e. The molecule has 0 bridgehead atoms. The van der Waals surface area contributed by atoms with Crippen molar-refractivity contribution >= 4 is 11.4 Å². The average Bonchev–Trinajstić information content (AvgIpc) is 2.41. The number of nitrogens with zero attached hydrogens (tertiary/aromatic N) is 1. The summed E-state index contributed by atoms with van der Waals surface area (Å²) in [6.45, 7) is 6.63. The van der Waals surface area contributed by atoms with Crippen molar-refractivity contribution in [2.24, 2.45) is 0 Å². The second kappa shape index (κ2) is 5.70. The second-order valence-corrected chi connectivity index (χ2v) is 5.30. The number of nitrogens with two attached hydrogens (primary N) is 1. The molecule has 0 saturated carbocycles. The van der Waals surface area contributed by atoms with Crippen molar-refractivity contribution in [1.29, 1.82) is 0 Å². The van der Waals surface area contributed by atoms with E-state index in [2.05, 4.69) is 17.9 Å². The molecule has 0 aliphatic carbocycles. The molecule has 1 fully saturated rings. The predicted molar refractivity (Wildman–Crippen MR) is 78.9 cm³/mol. The molecule has 1 aromatic rings. The number of nitrogen functional groups attached to an aromatic ring is 1. The zero-order valence-corrected chi connectivity index (χ0v) is 12.1. The summed E-state index contributed by atoms with van der Waals surface area (Å²) >= 11 is 0. The molecule has 0 radical (unpaired) electrons. The maximum atomic E-state index is 6.22. The average molecular weight is 264 g/mol. The summed E-state index contributed by atoms with van der Waals surface area (Å²) in [5, 5.41) is 0. The Hall–Kier alpha value is -1.42. The molecule has 0 spiro atoms. The first-order valence-corrected chi connectivity index (χ1v) is 6.91. The molecule has 1 saturated heterocycles. The standard InChI is InChI=1S/C15H24N2O2/c1-4-19-13-8-5-7-12(14(13)16)17-10-6-9-15(2,11-17)18-3/h5,7-8H,4,6,9-11,16H2,1-3H3. The van der Waals surface area contributed by atoms with Gasteiger partial charge in [-0.1, -0.05) is 6.07 Å². The highest BCUT2D eigenvalue weighted by Gasteiger charge is 2.31. The molecule has 19 heavy (non-hydrogen) atoms. The SMILES string of the molecule is CCOc1cccc(N2CCCC(C)(OC)C2)c1N. The van der Waals surface area contributed by atoms with Crippen molar-refractivity contribution in [3.63, 3.8) is 0 Å². The number of para-hydroxylation sites is 1. The number of anilines is 2. The van der Waals surface area contributed by atoms with Crippen molar-refractivity contribution in [1.82, 2.24) is 0 Å². The van der Waals surface area contributed by atoms with E-state index in [1.54, 1.807) is 7.11 Å². The molecular weight excluding hydrogens is 240 g/mol. The van der Waals surface area contributed by atoms with E-state index in [9.17, 15) is 0 Å². The van der Waals surface area contributed by atoms with Gasteiger partial charge in [0.05, 0.1) is 23.6 Å². The first-order chi connectivity index (χ1) is 9.09. The summed E-state index contributed by atoms with van der Waals surface area (Å²) in [6, 6.07) is 5.97. The van der Waals surface area contributed by atoms with Crippen LogP contribution in [0.3, 0.4) is 0 Å². The van der Waals surface area contributed by atoms with E-state index in [4.69, 9.17) is 15.2 Å². The van der Waals surface area contributed by atoms with Gasteiger partial charge in [0.25, 0.3) is 0 Å². The summed E-state index contributed by atoms with van der Waals surface area (Å²) in [7, 11) is 1.78. The predicted octanol–water partition coefficient (Wildman–Crippen LogP) is 2.67. The first kappa shape index (κ1) is 14.0. The van der Waals surface area contributed by atoms with Gasteiger partial charge in [-0.3, -0.25) is 0 Å². The maximum Gasteiger partial charge on any atom is 0.144 e. The summed E-state index contributed by atoms with van der Waals surface area (Å²) in [5.41, 5.74) is 7.91. The summed E-state index contributed by atoms with van der Waals surface area (Å²) < 4.78 is 11.2. The van der Waals surface area contributed by atoms with Gasteiger partial charge in [0.1, 0.15) is 5.75 Å². The number of hydrogen-bond acceptors (Lipinski definition) is 4. The molecule has 4 heteroatoms. The molecule has 1 aliphatic rings. The third-order valence-electron chi connectivity index (χ3n) is 3.84. The highest BCUT2D eigenvalue weighted by atomic mass is 16.5. The zero-order chi connectivity index (χ0) is 13.9. The topological polar surface area (TPSA) is 47.7 Å². The lowest BCUT2D eigenvalue weighted by atomic mass is 9.94. The Balaban J connectivity index is 2.24. The van der Waals surface area contributed by atoms with Gasteiger partial charge in [0, 0.05) is 20.2 Å². The second-order valence-electron chi connectivity index (χ2n) is 5.30. The molecule has 1 atom stereocenters. The Morgan fingerprint density at radius 3 is 2.89 bits per heavy atom. The van der Waals surface area contributed by atoms with Crippen molar-refractivity contribution < 1.29 is 9.47 Å². The Kier molecular flexibility index (Phi) is 4.20. The minimum atomic E-state index is -0.0910. The molecule has 1 unspecified atom stereocenters. The Labute approximate surface area is 115 Å². The summed E-state index contributed by atoms with van der Waals surface area (Å²) in [6.07, 6.45) is 2.20. The van der Waals surface area contributed by atoms with Crippen molar-refractivity contribution in [2.45, 2.75) is 32.3 Å². The van der Waals surface area contributed by atoms with Crippen molar-refractivity contribution in [3.05, 3.63) is 18.2 Å². The van der Waals surface area contributed by atoms with Crippen LogP contribution in [-0.4, -0.2) is 32.4 Å². The first-order valence-electron chi connectivity index (χ1n) is 6.91. The summed E-state index contributed by atoms with van der Waals surface area (Å²) in [5.74, 6) is 0.768. The fourth-order valence-electron chi connectivity index (χ4n) is 2.67. The van der Waals surface area contributed by atoms with Crippen LogP contribution in [0.4, 0.5) is 11.4 Å². The Morgan fingerprint density at radius 2 is 2.21 bits per heavy atom. The molecule has 2 rings (SSSR count). The largest absolute Gasteiger partial charge is 0.492 e. The van der Waals surface area contributed by atoms with Crippen molar-refractivity contribution in [2.75, 3.05) is 37.4 Å².